The van der Waals surface area contributed by atoms with E-state index in [1.807, 2.05) is 0 Å². The Morgan fingerprint density at radius 3 is 2.89 bits per heavy atom. The Balaban J connectivity index is 2.04. The van der Waals surface area contributed by atoms with E-state index in [2.05, 4.69) is 60.7 Å². The van der Waals surface area contributed by atoms with Gasteiger partial charge in [-0.05, 0) is 31.5 Å². The molecule has 0 aliphatic carbocycles. The first-order chi connectivity index (χ1) is 9.15. The van der Waals surface area contributed by atoms with E-state index in [4.69, 9.17) is 0 Å². The van der Waals surface area contributed by atoms with Gasteiger partial charge in [-0.1, -0.05) is 31.2 Å². The molecule has 0 saturated heterocycles. The van der Waals surface area contributed by atoms with Gasteiger partial charge in [-0.25, -0.2) is 0 Å². The number of likely N-dealkylation sites (N-methyl/N-ethyl adjacent to an activating group) is 1. The summed E-state index contributed by atoms with van der Waals surface area (Å²) in [5.74, 6) is 0.647. The highest BCUT2D eigenvalue weighted by atomic mass is 15.2. The molecule has 1 aromatic carbocycles. The molecule has 4 rings (SSSR count). The summed E-state index contributed by atoms with van der Waals surface area (Å²) < 4.78 is 2.50. The van der Waals surface area contributed by atoms with Crippen LogP contribution in [0.4, 0.5) is 0 Å². The molecular weight excluding hydrogens is 232 g/mol. The van der Waals surface area contributed by atoms with Crippen molar-refractivity contribution in [2.75, 3.05) is 13.6 Å². The predicted octanol–water partition coefficient (Wildman–Crippen LogP) is 3.30. The summed E-state index contributed by atoms with van der Waals surface area (Å²) in [6.07, 6.45) is 2.49. The Labute approximate surface area is 114 Å². The van der Waals surface area contributed by atoms with Gasteiger partial charge in [0.05, 0.1) is 11.6 Å². The molecule has 2 heteroatoms. The molecule has 2 aromatic rings. The highest BCUT2D eigenvalue weighted by Gasteiger charge is 2.32. The van der Waals surface area contributed by atoms with Crippen LogP contribution < -0.4 is 0 Å². The van der Waals surface area contributed by atoms with Crippen molar-refractivity contribution in [2.45, 2.75) is 26.4 Å². The van der Waals surface area contributed by atoms with Crippen LogP contribution in [0.5, 0.6) is 0 Å². The van der Waals surface area contributed by atoms with Crippen molar-refractivity contribution < 1.29 is 0 Å². The largest absolute Gasteiger partial charge is 0.342 e. The smallest absolute Gasteiger partial charge is 0.0559 e. The van der Waals surface area contributed by atoms with Crippen molar-refractivity contribution in [2.24, 2.45) is 5.92 Å². The van der Waals surface area contributed by atoms with Crippen molar-refractivity contribution in [3.8, 4) is 0 Å². The van der Waals surface area contributed by atoms with Gasteiger partial charge in [0, 0.05) is 29.7 Å². The highest BCUT2D eigenvalue weighted by Crippen LogP contribution is 2.39. The lowest BCUT2D eigenvalue weighted by Gasteiger charge is -2.40. The summed E-state index contributed by atoms with van der Waals surface area (Å²) >= 11 is 0. The minimum atomic E-state index is 0.542. The van der Waals surface area contributed by atoms with Gasteiger partial charge in [-0.3, -0.25) is 4.90 Å². The van der Waals surface area contributed by atoms with Gasteiger partial charge in [0.1, 0.15) is 0 Å². The van der Waals surface area contributed by atoms with Gasteiger partial charge in [-0.15, -0.1) is 0 Å². The van der Waals surface area contributed by atoms with Crippen molar-refractivity contribution >= 4 is 16.5 Å². The first kappa shape index (κ1) is 11.3. The molecule has 2 atom stereocenters. The van der Waals surface area contributed by atoms with Gasteiger partial charge in [0.25, 0.3) is 0 Å². The first-order valence-corrected chi connectivity index (χ1v) is 7.16. The zero-order valence-corrected chi connectivity index (χ0v) is 11.9. The quantitative estimate of drug-likeness (QED) is 0.698. The van der Waals surface area contributed by atoms with Gasteiger partial charge < -0.3 is 4.57 Å². The number of nitrogens with zero attached hydrogens (tertiary/aromatic N) is 2. The molecule has 0 bridgehead atoms. The SMILES string of the molecule is Cc1cc2cccc3c2n1C[C@H]1C3=C[C@@H](C)CN1C. The van der Waals surface area contributed by atoms with Gasteiger partial charge in [0.2, 0.25) is 0 Å². The van der Waals surface area contributed by atoms with Crippen LogP contribution >= 0.6 is 0 Å². The maximum absolute atomic E-state index is 2.52. The van der Waals surface area contributed by atoms with Crippen molar-refractivity contribution in [3.05, 3.63) is 41.6 Å². The fourth-order valence-corrected chi connectivity index (χ4v) is 3.90. The van der Waals surface area contributed by atoms with Gasteiger partial charge in [-0.2, -0.15) is 0 Å². The summed E-state index contributed by atoms with van der Waals surface area (Å²) in [5.41, 5.74) is 5.80. The van der Waals surface area contributed by atoms with Gasteiger partial charge >= 0.3 is 0 Å². The second kappa shape index (κ2) is 3.73. The normalized spacial score (nSPS) is 26.4. The number of aromatic nitrogens is 1. The van der Waals surface area contributed by atoms with E-state index in [0.29, 0.717) is 12.0 Å². The maximum Gasteiger partial charge on any atom is 0.0559 e. The van der Waals surface area contributed by atoms with Crippen LogP contribution in [-0.2, 0) is 6.54 Å². The molecule has 2 aliphatic rings. The molecule has 0 unspecified atom stereocenters. The average Bonchev–Trinajstić information content (AvgIpc) is 2.69. The molecule has 3 heterocycles. The number of benzene rings is 1. The summed E-state index contributed by atoms with van der Waals surface area (Å²) in [4.78, 5) is 2.52. The minimum absolute atomic E-state index is 0.542. The molecule has 0 spiro atoms. The molecule has 2 nitrogen and oxygen atoms in total. The molecule has 98 valence electrons. The number of hydrogen-bond donors (Lipinski definition) is 0. The molecule has 0 N–H and O–H groups in total. The number of aryl methyl sites for hydroxylation is 1. The zero-order valence-electron chi connectivity index (χ0n) is 11.9. The summed E-state index contributed by atoms with van der Waals surface area (Å²) in [5, 5.41) is 1.38. The molecular formula is C17H20N2. The highest BCUT2D eigenvalue weighted by molar-refractivity contribution is 5.95. The third-order valence-electron chi connectivity index (χ3n) is 4.72. The Bertz CT molecular complexity index is 693. The summed E-state index contributed by atoms with van der Waals surface area (Å²) in [7, 11) is 2.26. The Kier molecular flexibility index (Phi) is 2.22. The number of hydrogen-bond acceptors (Lipinski definition) is 1. The van der Waals surface area contributed by atoms with Gasteiger partial charge in [0.15, 0.2) is 0 Å². The van der Waals surface area contributed by atoms with Crippen LogP contribution in [0, 0.1) is 12.8 Å². The fourth-order valence-electron chi connectivity index (χ4n) is 3.90. The second-order valence-electron chi connectivity index (χ2n) is 6.19. The lowest BCUT2D eigenvalue weighted by molar-refractivity contribution is 0.233. The van der Waals surface area contributed by atoms with E-state index in [-0.39, 0.29) is 0 Å². The third kappa shape index (κ3) is 1.47. The lowest BCUT2D eigenvalue weighted by Crippen LogP contribution is -2.43. The van der Waals surface area contributed by atoms with E-state index >= 15 is 0 Å². The summed E-state index contributed by atoms with van der Waals surface area (Å²) in [6, 6.07) is 9.59. The average molecular weight is 252 g/mol. The molecule has 0 amide bonds. The van der Waals surface area contributed by atoms with Crippen molar-refractivity contribution in [3.63, 3.8) is 0 Å². The fraction of sp³-hybridized carbons (Fsp3) is 0.412. The molecule has 0 fully saturated rings. The molecule has 2 aliphatic heterocycles. The zero-order chi connectivity index (χ0) is 13.1. The van der Waals surface area contributed by atoms with Crippen LogP contribution in [0.3, 0.4) is 0 Å². The molecule has 0 radical (unpaired) electrons. The number of rotatable bonds is 0. The molecule has 1 aromatic heterocycles. The Morgan fingerprint density at radius 2 is 2.05 bits per heavy atom. The lowest BCUT2D eigenvalue weighted by atomic mass is 9.86. The maximum atomic E-state index is 2.52. The number of fused-ring (bicyclic) bond motifs is 2. The number of para-hydroxylation sites is 1. The van der Waals surface area contributed by atoms with Crippen LogP contribution in [0.25, 0.3) is 16.5 Å². The van der Waals surface area contributed by atoms with E-state index in [1.54, 1.807) is 0 Å². The van der Waals surface area contributed by atoms with Crippen molar-refractivity contribution in [1.29, 1.82) is 0 Å². The van der Waals surface area contributed by atoms with E-state index in [0.717, 1.165) is 6.54 Å². The van der Waals surface area contributed by atoms with Crippen LogP contribution in [0.1, 0.15) is 18.2 Å². The predicted molar refractivity (Wildman–Crippen MR) is 80.2 cm³/mol. The summed E-state index contributed by atoms with van der Waals surface area (Å²) in [6.45, 7) is 6.81. The van der Waals surface area contributed by atoms with Crippen molar-refractivity contribution in [1.82, 2.24) is 9.47 Å². The Morgan fingerprint density at radius 1 is 1.21 bits per heavy atom. The first-order valence-electron chi connectivity index (χ1n) is 7.16. The van der Waals surface area contributed by atoms with Crippen LogP contribution in [0.2, 0.25) is 0 Å². The van der Waals surface area contributed by atoms with Crippen LogP contribution in [-0.4, -0.2) is 29.1 Å². The Hall–Kier alpha value is -1.54. The monoisotopic (exact) mass is 252 g/mol. The third-order valence-corrected chi connectivity index (χ3v) is 4.72. The van der Waals surface area contributed by atoms with E-state index < -0.39 is 0 Å². The molecule has 19 heavy (non-hydrogen) atoms. The van der Waals surface area contributed by atoms with E-state index in [1.165, 1.54) is 34.3 Å². The minimum Gasteiger partial charge on any atom is -0.342 e. The second-order valence-corrected chi connectivity index (χ2v) is 6.19. The van der Waals surface area contributed by atoms with Crippen LogP contribution in [0.15, 0.2) is 30.3 Å². The van der Waals surface area contributed by atoms with E-state index in [9.17, 15) is 0 Å². The molecule has 0 saturated carbocycles. The standard InChI is InChI=1S/C17H20N2/c1-11-7-15-14-6-4-5-13-8-12(2)19(17(13)14)10-16(15)18(3)9-11/h4-8,11,16H,9-10H2,1-3H3/t11-,16+/m1/s1. The topological polar surface area (TPSA) is 8.17 Å².